The fourth-order valence-corrected chi connectivity index (χ4v) is 6.18. The van der Waals surface area contributed by atoms with Crippen LogP contribution in [0.1, 0.15) is 36.2 Å². The van der Waals surface area contributed by atoms with Crippen LogP contribution in [0.25, 0.3) is 17.2 Å². The molecule has 218 valence electrons. The van der Waals surface area contributed by atoms with Crippen LogP contribution in [-0.4, -0.2) is 70.0 Å². The fourth-order valence-electron chi connectivity index (χ4n) is 6.18. The molecular formula is C31H32FN11. The summed E-state index contributed by atoms with van der Waals surface area (Å²) in [6.45, 7) is 4.68. The zero-order valence-electron chi connectivity index (χ0n) is 23.9. The number of aromatic amines is 1. The third-order valence-corrected chi connectivity index (χ3v) is 8.58. The van der Waals surface area contributed by atoms with Crippen molar-refractivity contribution in [2.24, 2.45) is 5.92 Å². The number of aromatic nitrogens is 8. The van der Waals surface area contributed by atoms with E-state index in [-0.39, 0.29) is 5.82 Å². The van der Waals surface area contributed by atoms with Crippen molar-refractivity contribution in [3.8, 4) is 17.2 Å². The second-order valence-electron chi connectivity index (χ2n) is 11.9. The van der Waals surface area contributed by atoms with E-state index in [4.69, 9.17) is 9.97 Å². The highest BCUT2D eigenvalue weighted by atomic mass is 19.1. The Balaban J connectivity index is 0.897. The highest BCUT2D eigenvalue weighted by Crippen LogP contribution is 2.36. The number of rotatable bonds is 9. The lowest BCUT2D eigenvalue weighted by Gasteiger charge is -2.56. The van der Waals surface area contributed by atoms with Crippen molar-refractivity contribution in [2.45, 2.75) is 51.2 Å². The molecular weight excluding hydrogens is 545 g/mol. The minimum absolute atomic E-state index is 0.374. The Morgan fingerprint density at radius 1 is 0.953 bits per heavy atom. The Bertz CT molecular complexity index is 1730. The first-order chi connectivity index (χ1) is 21.0. The molecule has 9 rings (SSSR count). The standard InChI is InChI=1S/C31H32FN11/c1-19-8-27(37-28-10-24(39-40-28)9-20-2-3-20)38-31(36-19)22-5-7-29(34-13-22)41-17-25-11-26(18-41)42(25)15-21-4-6-30(33-12-21)43-16-23(32)14-35-43/h4-8,10,12-14,16,20,25-26H,2-3,9,11,15,17-18H2,1H3,(H2,36,37,38,39,40). The summed E-state index contributed by atoms with van der Waals surface area (Å²) in [5.74, 6) is 4.13. The highest BCUT2D eigenvalue weighted by molar-refractivity contribution is 5.61. The maximum atomic E-state index is 13.3. The summed E-state index contributed by atoms with van der Waals surface area (Å²) in [6.07, 6.45) is 11.1. The van der Waals surface area contributed by atoms with E-state index in [0.29, 0.717) is 29.5 Å². The van der Waals surface area contributed by atoms with Crippen molar-refractivity contribution in [2.75, 3.05) is 23.3 Å². The quantitative estimate of drug-likeness (QED) is 0.262. The molecule has 2 atom stereocenters. The number of halogens is 1. The zero-order valence-corrected chi connectivity index (χ0v) is 23.9. The van der Waals surface area contributed by atoms with Gasteiger partial charge in [0.2, 0.25) is 0 Å². The van der Waals surface area contributed by atoms with E-state index in [2.05, 4.69) is 58.6 Å². The van der Waals surface area contributed by atoms with Gasteiger partial charge in [-0.05, 0) is 62.3 Å². The molecule has 1 saturated carbocycles. The van der Waals surface area contributed by atoms with Gasteiger partial charge in [0.25, 0.3) is 0 Å². The van der Waals surface area contributed by atoms with Gasteiger partial charge in [0.1, 0.15) is 11.6 Å². The summed E-state index contributed by atoms with van der Waals surface area (Å²) in [5, 5.41) is 14.9. The summed E-state index contributed by atoms with van der Waals surface area (Å²) >= 11 is 0. The van der Waals surface area contributed by atoms with Crippen molar-refractivity contribution >= 4 is 17.5 Å². The average molecular weight is 578 g/mol. The smallest absolute Gasteiger partial charge is 0.163 e. The Morgan fingerprint density at radius 3 is 2.51 bits per heavy atom. The van der Waals surface area contributed by atoms with E-state index in [1.165, 1.54) is 36.3 Å². The SMILES string of the molecule is Cc1cc(Nc2cc(CC3CC3)[nH]n2)nc(-c2ccc(N3CC4CC(C3)N4Cc3ccc(-n4cc(F)cn4)nc3)nc2)n1. The molecule has 43 heavy (non-hydrogen) atoms. The Hall–Kier alpha value is -4.71. The number of anilines is 3. The largest absolute Gasteiger partial charge is 0.353 e. The number of hydrogen-bond donors (Lipinski definition) is 2. The number of piperazine rings is 1. The Labute approximate surface area is 248 Å². The first-order valence-corrected chi connectivity index (χ1v) is 14.8. The van der Waals surface area contributed by atoms with Crippen LogP contribution in [0.15, 0.2) is 61.2 Å². The summed E-state index contributed by atoms with van der Waals surface area (Å²) in [5.41, 5.74) is 4.05. The number of pyridine rings is 2. The van der Waals surface area contributed by atoms with Gasteiger partial charge in [-0.2, -0.15) is 10.2 Å². The number of H-pyrrole nitrogens is 1. The third-order valence-electron chi connectivity index (χ3n) is 8.58. The van der Waals surface area contributed by atoms with Crippen molar-refractivity contribution in [1.82, 2.24) is 44.8 Å². The monoisotopic (exact) mass is 577 g/mol. The van der Waals surface area contributed by atoms with E-state index in [9.17, 15) is 4.39 Å². The molecule has 0 aromatic carbocycles. The molecule has 0 spiro atoms. The van der Waals surface area contributed by atoms with Gasteiger partial charge in [0.15, 0.2) is 23.3 Å². The maximum absolute atomic E-state index is 13.3. The van der Waals surface area contributed by atoms with Crippen LogP contribution in [-0.2, 0) is 13.0 Å². The van der Waals surface area contributed by atoms with Crippen molar-refractivity contribution in [1.29, 1.82) is 0 Å². The predicted octanol–water partition coefficient (Wildman–Crippen LogP) is 4.45. The van der Waals surface area contributed by atoms with E-state index in [1.54, 1.807) is 0 Å². The lowest BCUT2D eigenvalue weighted by atomic mass is 9.87. The van der Waals surface area contributed by atoms with Crippen molar-refractivity contribution in [3.63, 3.8) is 0 Å². The topological polar surface area (TPSA) is 117 Å². The van der Waals surface area contributed by atoms with Crippen LogP contribution in [0.5, 0.6) is 0 Å². The predicted molar refractivity (Wildman–Crippen MR) is 160 cm³/mol. The summed E-state index contributed by atoms with van der Waals surface area (Å²) < 4.78 is 14.7. The van der Waals surface area contributed by atoms with Gasteiger partial charge in [-0.1, -0.05) is 6.07 Å². The number of fused-ring (bicyclic) bond motifs is 2. The molecule has 5 aromatic rings. The first kappa shape index (κ1) is 26.0. The maximum Gasteiger partial charge on any atom is 0.163 e. The zero-order chi connectivity index (χ0) is 28.9. The Morgan fingerprint density at radius 2 is 1.79 bits per heavy atom. The fraction of sp³-hybridized carbons (Fsp3) is 0.355. The molecule has 0 radical (unpaired) electrons. The minimum atomic E-state index is -0.374. The van der Waals surface area contributed by atoms with E-state index < -0.39 is 0 Å². The number of aryl methyl sites for hydroxylation is 1. The molecule has 2 bridgehead atoms. The molecule has 2 N–H and O–H groups in total. The van der Waals surface area contributed by atoms with E-state index in [1.807, 2.05) is 37.5 Å². The van der Waals surface area contributed by atoms with Gasteiger partial charge in [-0.25, -0.2) is 29.0 Å². The number of nitrogens with one attached hydrogen (secondary N) is 2. The van der Waals surface area contributed by atoms with Crippen LogP contribution < -0.4 is 10.2 Å². The Kier molecular flexibility index (Phi) is 6.36. The summed E-state index contributed by atoms with van der Waals surface area (Å²) in [4.78, 5) is 23.6. The van der Waals surface area contributed by atoms with Gasteiger partial charge in [-0.15, -0.1) is 0 Å². The van der Waals surface area contributed by atoms with Crippen molar-refractivity contribution in [3.05, 3.63) is 84.0 Å². The number of nitrogens with zero attached hydrogens (tertiary/aromatic N) is 9. The minimum Gasteiger partial charge on any atom is -0.353 e. The lowest BCUT2D eigenvalue weighted by Crippen LogP contribution is -2.68. The third kappa shape index (κ3) is 5.45. The van der Waals surface area contributed by atoms with Gasteiger partial charge in [0.05, 0.1) is 12.4 Å². The molecule has 3 saturated heterocycles. The number of hydrogen-bond acceptors (Lipinski definition) is 9. The molecule has 4 fully saturated rings. The number of piperidine rings is 1. The van der Waals surface area contributed by atoms with Crippen molar-refractivity contribution < 1.29 is 4.39 Å². The summed E-state index contributed by atoms with van der Waals surface area (Å²) in [6, 6.07) is 13.0. The molecule has 4 aliphatic rings. The molecule has 1 aliphatic carbocycles. The van der Waals surface area contributed by atoms with Gasteiger partial charge in [0, 0.05) is 73.2 Å². The second-order valence-corrected chi connectivity index (χ2v) is 11.9. The van der Waals surface area contributed by atoms with Gasteiger partial charge < -0.3 is 10.2 Å². The molecule has 3 aliphatic heterocycles. The van der Waals surface area contributed by atoms with Crippen LogP contribution in [0.2, 0.25) is 0 Å². The van der Waals surface area contributed by atoms with Crippen LogP contribution >= 0.6 is 0 Å². The molecule has 0 amide bonds. The second kappa shape index (κ2) is 10.5. The van der Waals surface area contributed by atoms with Crippen LogP contribution in [0.4, 0.5) is 21.8 Å². The van der Waals surface area contributed by atoms with Gasteiger partial charge >= 0.3 is 0 Å². The van der Waals surface area contributed by atoms with Gasteiger partial charge in [-0.3, -0.25) is 10.00 Å². The molecule has 2 unspecified atom stereocenters. The molecule has 8 heterocycles. The molecule has 5 aromatic heterocycles. The van der Waals surface area contributed by atoms with E-state index >= 15 is 0 Å². The lowest BCUT2D eigenvalue weighted by molar-refractivity contribution is -0.00875. The highest BCUT2D eigenvalue weighted by Gasteiger charge is 2.44. The van der Waals surface area contributed by atoms with E-state index in [0.717, 1.165) is 66.1 Å². The van der Waals surface area contributed by atoms with Crippen LogP contribution in [0.3, 0.4) is 0 Å². The average Bonchev–Trinajstić information content (AvgIpc) is 3.56. The first-order valence-electron chi connectivity index (χ1n) is 14.8. The molecule has 12 heteroatoms. The molecule has 11 nitrogen and oxygen atoms in total. The van der Waals surface area contributed by atoms with Crippen LogP contribution in [0, 0.1) is 18.7 Å². The summed E-state index contributed by atoms with van der Waals surface area (Å²) in [7, 11) is 0. The normalized spacial score (nSPS) is 19.8.